The lowest BCUT2D eigenvalue weighted by molar-refractivity contribution is 0.949. The van der Waals surface area contributed by atoms with Gasteiger partial charge in [0.1, 0.15) is 0 Å². The Labute approximate surface area is 43.9 Å². The van der Waals surface area contributed by atoms with Gasteiger partial charge in [0.15, 0.2) is 0 Å². The van der Waals surface area contributed by atoms with Gasteiger partial charge in [0, 0.05) is 12.3 Å². The van der Waals surface area contributed by atoms with E-state index < -0.39 is 7.71 Å². The van der Waals surface area contributed by atoms with Crippen LogP contribution in [0.25, 0.3) is 5.53 Å². The van der Waals surface area contributed by atoms with Gasteiger partial charge in [-0.15, -0.1) is 0 Å². The van der Waals surface area contributed by atoms with E-state index in [0.29, 0.717) is 0 Å². The van der Waals surface area contributed by atoms with E-state index in [1.807, 2.05) is 0 Å². The Morgan fingerprint density at radius 1 is 1.29 bits per heavy atom. The maximum absolute atomic E-state index is 8.24. The van der Waals surface area contributed by atoms with E-state index in [9.17, 15) is 0 Å². The largest absolute Gasteiger partial charge is 0.370 e. The average Bonchev–Trinajstić information content (AvgIpc) is 2.14. The Kier molecular flexibility index (Phi) is 1.67. The summed E-state index contributed by atoms with van der Waals surface area (Å²) in [5.74, 6) is 0. The average molecular weight is 116 g/mol. The number of rotatable bonds is 0. The quantitative estimate of drug-likeness (QED) is 0.259. The molecule has 0 aliphatic carbocycles. The maximum Gasteiger partial charge on any atom is 0.201 e. The van der Waals surface area contributed by atoms with Crippen molar-refractivity contribution in [3.8, 4) is 0 Å². The van der Waals surface area contributed by atoms with Gasteiger partial charge in [-0.1, -0.05) is 0 Å². The summed E-state index contributed by atoms with van der Waals surface area (Å²) in [6.45, 7) is 0. The van der Waals surface area contributed by atoms with Crippen molar-refractivity contribution in [1.82, 2.24) is 4.54 Å². The van der Waals surface area contributed by atoms with Crippen molar-refractivity contribution in [3.63, 3.8) is 0 Å². The second-order valence-corrected chi connectivity index (χ2v) is 4.21. The van der Waals surface area contributed by atoms with Crippen LogP contribution in [0.1, 0.15) is 12.8 Å². The van der Waals surface area contributed by atoms with Crippen molar-refractivity contribution in [1.29, 1.82) is 0 Å². The molecule has 0 radical (unpaired) electrons. The Hall–Kier alpha value is -0.0600. The van der Waals surface area contributed by atoms with E-state index in [-0.39, 0.29) is 0 Å². The van der Waals surface area contributed by atoms with E-state index in [4.69, 9.17) is 5.53 Å². The standard InChI is InChI=1S/C4H9N2P/c5-6-7-3-1-2-4-7/h7H,1-4H2. The molecule has 1 aliphatic heterocycles. The van der Waals surface area contributed by atoms with Crippen LogP contribution in [0, 0.1) is 0 Å². The summed E-state index contributed by atoms with van der Waals surface area (Å²) in [6, 6.07) is 0. The van der Waals surface area contributed by atoms with Gasteiger partial charge in [-0.05, 0) is 12.8 Å². The van der Waals surface area contributed by atoms with E-state index in [1.165, 1.54) is 25.2 Å². The predicted molar refractivity (Wildman–Crippen MR) is 32.8 cm³/mol. The highest BCUT2D eigenvalue weighted by atomic mass is 31.1. The van der Waals surface area contributed by atoms with Gasteiger partial charge in [0.2, 0.25) is 7.71 Å². The van der Waals surface area contributed by atoms with E-state index in [2.05, 4.69) is 4.54 Å². The molecule has 0 saturated carbocycles. The first-order valence-corrected chi connectivity index (χ1v) is 4.49. The van der Waals surface area contributed by atoms with Crippen molar-refractivity contribution in [3.05, 3.63) is 5.53 Å². The van der Waals surface area contributed by atoms with Crippen molar-refractivity contribution in [2.24, 2.45) is 0 Å². The molecular weight excluding hydrogens is 107 g/mol. The first-order valence-electron chi connectivity index (χ1n) is 2.63. The molecule has 0 bridgehead atoms. The third-order valence-corrected chi connectivity index (χ3v) is 3.47. The van der Waals surface area contributed by atoms with Crippen LogP contribution in [0.15, 0.2) is 0 Å². The van der Waals surface area contributed by atoms with Crippen LogP contribution in [0.3, 0.4) is 0 Å². The molecule has 0 N–H and O–H groups in total. The smallest absolute Gasteiger partial charge is 0.201 e. The number of nitrogens with zero attached hydrogens (tertiary/aromatic N) is 2. The van der Waals surface area contributed by atoms with Gasteiger partial charge in [0.25, 0.3) is 0 Å². The van der Waals surface area contributed by atoms with Crippen molar-refractivity contribution in [2.75, 3.05) is 12.3 Å². The molecule has 1 aliphatic rings. The molecule has 0 unspecified atom stereocenters. The molecule has 3 heteroatoms. The minimum atomic E-state index is -0.571. The molecule has 1 fully saturated rings. The van der Waals surface area contributed by atoms with Crippen LogP contribution < -0.4 is 4.54 Å². The molecule has 40 valence electrons. The summed E-state index contributed by atoms with van der Waals surface area (Å²) >= 11 is 0. The topological polar surface area (TPSA) is 36.4 Å². The van der Waals surface area contributed by atoms with Crippen molar-refractivity contribution >= 4 is 7.71 Å². The van der Waals surface area contributed by atoms with Gasteiger partial charge >= 0.3 is 0 Å². The molecule has 1 rings (SSSR count). The lowest BCUT2D eigenvalue weighted by atomic mass is 10.4. The van der Waals surface area contributed by atoms with Gasteiger partial charge < -0.3 is 5.53 Å². The molecule has 0 amide bonds. The summed E-state index contributed by atoms with van der Waals surface area (Å²) in [5.41, 5.74) is 8.24. The van der Waals surface area contributed by atoms with Crippen molar-refractivity contribution in [2.45, 2.75) is 12.8 Å². The number of hydrogen-bond donors (Lipinski definition) is 0. The van der Waals surface area contributed by atoms with Crippen LogP contribution in [-0.4, -0.2) is 12.3 Å². The highest BCUT2D eigenvalue weighted by Crippen LogP contribution is 2.29. The molecule has 0 aromatic carbocycles. The maximum atomic E-state index is 8.24. The molecule has 0 aromatic rings. The lowest BCUT2D eigenvalue weighted by Crippen LogP contribution is -1.62. The zero-order valence-corrected chi connectivity index (χ0v) is 5.22. The number of hydrogen-bond acceptors (Lipinski definition) is 0. The Morgan fingerprint density at radius 3 is 2.14 bits per heavy atom. The molecule has 1 saturated heterocycles. The third kappa shape index (κ3) is 1.15. The van der Waals surface area contributed by atoms with Gasteiger partial charge in [-0.25, -0.2) is 4.54 Å². The Balaban J connectivity index is 2.57. The minimum Gasteiger partial charge on any atom is -0.370 e. The fourth-order valence-corrected chi connectivity index (χ4v) is 2.65. The first-order chi connectivity index (χ1) is 3.43. The summed E-state index contributed by atoms with van der Waals surface area (Å²) in [4.78, 5) is 0. The summed E-state index contributed by atoms with van der Waals surface area (Å²) in [7, 11) is -0.571. The summed E-state index contributed by atoms with van der Waals surface area (Å²) in [5, 5.41) is 0. The molecule has 7 heavy (non-hydrogen) atoms. The van der Waals surface area contributed by atoms with Crippen LogP contribution in [-0.2, 0) is 0 Å². The molecule has 2 nitrogen and oxygen atoms in total. The predicted octanol–water partition coefficient (Wildman–Crippen LogP) is 1.27. The normalized spacial score (nSPS) is 22.3. The van der Waals surface area contributed by atoms with Crippen LogP contribution >= 0.6 is 7.71 Å². The second kappa shape index (κ2) is 2.30. The monoisotopic (exact) mass is 116 g/mol. The zero-order chi connectivity index (χ0) is 5.11. The third-order valence-electron chi connectivity index (χ3n) is 1.32. The first kappa shape index (κ1) is 5.08. The second-order valence-electron chi connectivity index (χ2n) is 1.87. The molecule has 0 spiro atoms. The summed E-state index contributed by atoms with van der Waals surface area (Å²) < 4.78 is 3.29. The lowest BCUT2D eigenvalue weighted by Gasteiger charge is -1.71. The van der Waals surface area contributed by atoms with E-state index in [0.717, 1.165) is 0 Å². The van der Waals surface area contributed by atoms with Gasteiger partial charge in [-0.2, -0.15) is 0 Å². The summed E-state index contributed by atoms with van der Waals surface area (Å²) in [6.07, 6.45) is 4.97. The highest BCUT2D eigenvalue weighted by Gasteiger charge is 2.11. The minimum absolute atomic E-state index is 0.571. The molecule has 0 aromatic heterocycles. The van der Waals surface area contributed by atoms with E-state index >= 15 is 0 Å². The Bertz CT molecular complexity index is 107. The molecular formula is C4H9N2P. The van der Waals surface area contributed by atoms with Crippen LogP contribution in [0.5, 0.6) is 0 Å². The SMILES string of the molecule is [N-]=[N+]=[PH]1CCCC1. The van der Waals surface area contributed by atoms with Crippen molar-refractivity contribution < 1.29 is 0 Å². The van der Waals surface area contributed by atoms with Gasteiger partial charge in [0.05, 0.1) is 0 Å². The van der Waals surface area contributed by atoms with Crippen LogP contribution in [0.2, 0.25) is 0 Å². The fourth-order valence-electron chi connectivity index (χ4n) is 0.883. The fraction of sp³-hybridized carbons (Fsp3) is 1.00. The van der Waals surface area contributed by atoms with Crippen LogP contribution in [0.4, 0.5) is 0 Å². The van der Waals surface area contributed by atoms with Gasteiger partial charge in [-0.3, -0.25) is 0 Å². The zero-order valence-electron chi connectivity index (χ0n) is 4.22. The molecule has 1 heterocycles. The van der Waals surface area contributed by atoms with E-state index in [1.54, 1.807) is 0 Å². The molecule has 0 atom stereocenters. The highest BCUT2D eigenvalue weighted by molar-refractivity contribution is 7.47. The Morgan fingerprint density at radius 2 is 1.86 bits per heavy atom.